The number of aldehydes is 1. The van der Waals surface area contributed by atoms with Crippen LogP contribution in [0.5, 0.6) is 0 Å². The van der Waals surface area contributed by atoms with E-state index in [2.05, 4.69) is 34.1 Å². The van der Waals surface area contributed by atoms with Crippen LogP contribution in [0.3, 0.4) is 0 Å². The molecule has 2 rings (SSSR count). The van der Waals surface area contributed by atoms with Gasteiger partial charge in [0.2, 0.25) is 0 Å². The van der Waals surface area contributed by atoms with Crippen molar-refractivity contribution < 1.29 is 4.79 Å². The SMILES string of the molecule is O=CCCc1ccc(C2CCCCC2)c(Br)c1. The number of carbonyl (C=O) groups is 1. The summed E-state index contributed by atoms with van der Waals surface area (Å²) in [5.41, 5.74) is 2.71. The van der Waals surface area contributed by atoms with E-state index in [4.69, 9.17) is 0 Å². The Morgan fingerprint density at radius 3 is 2.65 bits per heavy atom. The molecule has 0 bridgehead atoms. The van der Waals surface area contributed by atoms with Crippen molar-refractivity contribution in [2.75, 3.05) is 0 Å². The summed E-state index contributed by atoms with van der Waals surface area (Å²) in [6.07, 6.45) is 9.24. The number of hydrogen-bond donors (Lipinski definition) is 0. The molecule has 1 aliphatic carbocycles. The zero-order chi connectivity index (χ0) is 12.1. The highest BCUT2D eigenvalue weighted by molar-refractivity contribution is 9.10. The largest absolute Gasteiger partial charge is 0.303 e. The van der Waals surface area contributed by atoms with Gasteiger partial charge in [-0.1, -0.05) is 47.3 Å². The third-order valence-electron chi connectivity index (χ3n) is 3.66. The fourth-order valence-corrected chi connectivity index (χ4v) is 3.45. The van der Waals surface area contributed by atoms with Crippen LogP contribution in [-0.4, -0.2) is 6.29 Å². The molecule has 0 heterocycles. The molecule has 0 spiro atoms. The molecule has 1 fully saturated rings. The number of halogens is 1. The van der Waals surface area contributed by atoms with Gasteiger partial charge in [-0.05, 0) is 42.4 Å². The van der Waals surface area contributed by atoms with E-state index in [-0.39, 0.29) is 0 Å². The fourth-order valence-electron chi connectivity index (χ4n) is 2.70. The highest BCUT2D eigenvalue weighted by Crippen LogP contribution is 2.36. The second-order valence-electron chi connectivity index (χ2n) is 4.90. The maximum Gasteiger partial charge on any atom is 0.120 e. The van der Waals surface area contributed by atoms with Crippen molar-refractivity contribution in [2.24, 2.45) is 0 Å². The van der Waals surface area contributed by atoms with Gasteiger partial charge in [0.25, 0.3) is 0 Å². The van der Waals surface area contributed by atoms with E-state index in [0.29, 0.717) is 6.42 Å². The Kier molecular flexibility index (Phi) is 4.78. The first-order valence-electron chi connectivity index (χ1n) is 6.53. The molecule has 0 aromatic heterocycles. The highest BCUT2D eigenvalue weighted by atomic mass is 79.9. The summed E-state index contributed by atoms with van der Waals surface area (Å²) in [7, 11) is 0. The van der Waals surface area contributed by atoms with Gasteiger partial charge in [0.05, 0.1) is 0 Å². The molecule has 1 nitrogen and oxygen atoms in total. The first kappa shape index (κ1) is 12.8. The summed E-state index contributed by atoms with van der Waals surface area (Å²) in [5, 5.41) is 0. The van der Waals surface area contributed by atoms with Gasteiger partial charge in [-0.3, -0.25) is 0 Å². The molecular formula is C15H19BrO. The minimum atomic E-state index is 0.620. The monoisotopic (exact) mass is 294 g/mol. The zero-order valence-corrected chi connectivity index (χ0v) is 11.7. The lowest BCUT2D eigenvalue weighted by molar-refractivity contribution is -0.107. The fraction of sp³-hybridized carbons (Fsp3) is 0.533. The van der Waals surface area contributed by atoms with Crippen LogP contribution in [0, 0.1) is 0 Å². The molecule has 1 aromatic rings. The van der Waals surface area contributed by atoms with Crippen LogP contribution in [0.25, 0.3) is 0 Å². The number of carbonyl (C=O) groups excluding carboxylic acids is 1. The van der Waals surface area contributed by atoms with Crippen LogP contribution in [-0.2, 0) is 11.2 Å². The predicted molar refractivity (Wildman–Crippen MR) is 74.4 cm³/mol. The first-order chi connectivity index (χ1) is 8.31. The third kappa shape index (κ3) is 3.41. The maximum atomic E-state index is 10.4. The van der Waals surface area contributed by atoms with Crippen molar-refractivity contribution >= 4 is 22.2 Å². The van der Waals surface area contributed by atoms with Crippen molar-refractivity contribution in [3.05, 3.63) is 33.8 Å². The first-order valence-corrected chi connectivity index (χ1v) is 7.32. The van der Waals surface area contributed by atoms with Gasteiger partial charge in [-0.15, -0.1) is 0 Å². The smallest absolute Gasteiger partial charge is 0.120 e. The number of aryl methyl sites for hydroxylation is 1. The van der Waals surface area contributed by atoms with E-state index in [1.54, 1.807) is 0 Å². The molecule has 1 aliphatic rings. The Hall–Kier alpha value is -0.630. The van der Waals surface area contributed by atoms with Crippen molar-refractivity contribution in [3.8, 4) is 0 Å². The van der Waals surface area contributed by atoms with Gasteiger partial charge in [0.1, 0.15) is 6.29 Å². The van der Waals surface area contributed by atoms with Crippen molar-refractivity contribution in [1.29, 1.82) is 0 Å². The van der Waals surface area contributed by atoms with E-state index in [9.17, 15) is 4.79 Å². The standard InChI is InChI=1S/C15H19BrO/c16-15-11-12(5-4-10-17)8-9-14(15)13-6-2-1-3-7-13/h8-11,13H,1-7H2. The molecule has 0 unspecified atom stereocenters. The second kappa shape index (κ2) is 6.34. The second-order valence-corrected chi connectivity index (χ2v) is 5.75. The maximum absolute atomic E-state index is 10.4. The van der Waals surface area contributed by atoms with Crippen molar-refractivity contribution in [1.82, 2.24) is 0 Å². The molecular weight excluding hydrogens is 276 g/mol. The van der Waals surface area contributed by atoms with Gasteiger partial charge in [-0.2, -0.15) is 0 Å². The number of rotatable bonds is 4. The minimum absolute atomic E-state index is 0.620. The van der Waals surface area contributed by atoms with E-state index >= 15 is 0 Å². The molecule has 2 heteroatoms. The number of hydrogen-bond acceptors (Lipinski definition) is 1. The number of benzene rings is 1. The van der Waals surface area contributed by atoms with E-state index in [1.807, 2.05) is 0 Å². The van der Waals surface area contributed by atoms with Crippen LogP contribution in [0.1, 0.15) is 55.6 Å². The Bertz CT molecular complexity index is 381. The molecule has 0 radical (unpaired) electrons. The van der Waals surface area contributed by atoms with Crippen LogP contribution < -0.4 is 0 Å². The van der Waals surface area contributed by atoms with E-state index in [0.717, 1.165) is 18.6 Å². The lowest BCUT2D eigenvalue weighted by Gasteiger charge is -2.23. The summed E-state index contributed by atoms with van der Waals surface area (Å²) in [6.45, 7) is 0. The van der Waals surface area contributed by atoms with Crippen molar-refractivity contribution in [3.63, 3.8) is 0 Å². The molecule has 0 saturated heterocycles. The lowest BCUT2D eigenvalue weighted by Crippen LogP contribution is -2.05. The van der Waals surface area contributed by atoms with Crippen LogP contribution in [0.2, 0.25) is 0 Å². The Morgan fingerprint density at radius 2 is 2.00 bits per heavy atom. The third-order valence-corrected chi connectivity index (χ3v) is 4.35. The summed E-state index contributed by atoms with van der Waals surface area (Å²) in [5.74, 6) is 0.734. The summed E-state index contributed by atoms with van der Waals surface area (Å²) < 4.78 is 1.23. The predicted octanol–water partition coefficient (Wildman–Crippen LogP) is 4.63. The lowest BCUT2D eigenvalue weighted by atomic mass is 9.84. The average Bonchev–Trinajstić information content (AvgIpc) is 2.37. The summed E-state index contributed by atoms with van der Waals surface area (Å²) in [4.78, 5) is 10.4. The van der Waals surface area contributed by atoms with Gasteiger partial charge < -0.3 is 4.79 Å². The average molecular weight is 295 g/mol. The summed E-state index contributed by atoms with van der Waals surface area (Å²) in [6, 6.07) is 6.62. The van der Waals surface area contributed by atoms with Gasteiger partial charge >= 0.3 is 0 Å². The molecule has 1 aromatic carbocycles. The molecule has 92 valence electrons. The summed E-state index contributed by atoms with van der Waals surface area (Å²) >= 11 is 3.69. The highest BCUT2D eigenvalue weighted by Gasteiger charge is 2.17. The molecule has 0 aliphatic heterocycles. The van der Waals surface area contributed by atoms with Gasteiger partial charge in [-0.25, -0.2) is 0 Å². The Balaban J connectivity index is 2.10. The van der Waals surface area contributed by atoms with E-state index in [1.165, 1.54) is 47.7 Å². The minimum Gasteiger partial charge on any atom is -0.303 e. The van der Waals surface area contributed by atoms with Gasteiger partial charge in [0.15, 0.2) is 0 Å². The quantitative estimate of drug-likeness (QED) is 0.740. The molecule has 0 N–H and O–H groups in total. The van der Waals surface area contributed by atoms with Crippen LogP contribution in [0.15, 0.2) is 22.7 Å². The van der Waals surface area contributed by atoms with Gasteiger partial charge in [0, 0.05) is 10.9 Å². The Morgan fingerprint density at radius 1 is 1.24 bits per heavy atom. The molecule has 0 amide bonds. The van der Waals surface area contributed by atoms with Crippen molar-refractivity contribution in [2.45, 2.75) is 50.9 Å². The Labute approximate surface area is 112 Å². The normalized spacial score (nSPS) is 17.0. The van der Waals surface area contributed by atoms with Crippen LogP contribution >= 0.6 is 15.9 Å². The molecule has 0 atom stereocenters. The van der Waals surface area contributed by atoms with Crippen LogP contribution in [0.4, 0.5) is 0 Å². The molecule has 1 saturated carbocycles. The molecule has 17 heavy (non-hydrogen) atoms. The zero-order valence-electron chi connectivity index (χ0n) is 10.1. The topological polar surface area (TPSA) is 17.1 Å². The van der Waals surface area contributed by atoms with E-state index < -0.39 is 0 Å².